The van der Waals surface area contributed by atoms with Crippen molar-refractivity contribution in [1.82, 2.24) is 0 Å². The number of carbonyl (C=O) groups is 1. The van der Waals surface area contributed by atoms with Crippen LogP contribution in [0.2, 0.25) is 0 Å². The molecule has 0 aliphatic heterocycles. The van der Waals surface area contributed by atoms with Crippen LogP contribution >= 0.6 is 0 Å². The lowest BCUT2D eigenvalue weighted by molar-refractivity contribution is 0.102. The Bertz CT molecular complexity index is 781. The van der Waals surface area contributed by atoms with E-state index in [4.69, 9.17) is 5.73 Å². The van der Waals surface area contributed by atoms with Gasteiger partial charge >= 0.3 is 0 Å². The Balaban J connectivity index is 2.18. The van der Waals surface area contributed by atoms with E-state index < -0.39 is 9.84 Å². The first kappa shape index (κ1) is 15.1. The van der Waals surface area contributed by atoms with E-state index in [9.17, 15) is 13.2 Å². The largest absolute Gasteiger partial charge is 0.399 e. The number of hydrogen-bond donors (Lipinski definition) is 2. The van der Waals surface area contributed by atoms with Gasteiger partial charge in [0.15, 0.2) is 9.84 Å². The predicted octanol–water partition coefficient (Wildman–Crippen LogP) is 2.23. The summed E-state index contributed by atoms with van der Waals surface area (Å²) < 4.78 is 22.7. The number of rotatable bonds is 3. The summed E-state index contributed by atoms with van der Waals surface area (Å²) in [7, 11) is -3.26. The minimum atomic E-state index is -3.26. The van der Waals surface area contributed by atoms with Crippen molar-refractivity contribution in [2.24, 2.45) is 0 Å². The summed E-state index contributed by atoms with van der Waals surface area (Å²) in [5.74, 6) is -0.306. The number of benzene rings is 2. The quantitative estimate of drug-likeness (QED) is 0.851. The normalized spacial score (nSPS) is 11.1. The van der Waals surface area contributed by atoms with Crippen molar-refractivity contribution in [2.75, 3.05) is 17.3 Å². The zero-order valence-corrected chi connectivity index (χ0v) is 12.6. The summed E-state index contributed by atoms with van der Waals surface area (Å²) in [6, 6.07) is 11.0. The summed E-state index contributed by atoms with van der Waals surface area (Å²) in [5.41, 5.74) is 8.28. The summed E-state index contributed by atoms with van der Waals surface area (Å²) in [6.07, 6.45) is 1.12. The van der Waals surface area contributed by atoms with Gasteiger partial charge < -0.3 is 11.1 Å². The first-order valence-electron chi connectivity index (χ1n) is 6.25. The van der Waals surface area contributed by atoms with Gasteiger partial charge in [-0.1, -0.05) is 0 Å². The lowest BCUT2D eigenvalue weighted by atomic mass is 10.1. The summed E-state index contributed by atoms with van der Waals surface area (Å²) in [5, 5.41) is 2.74. The van der Waals surface area contributed by atoms with E-state index in [2.05, 4.69) is 5.32 Å². The molecular formula is C15H16N2O3S. The van der Waals surface area contributed by atoms with Crippen molar-refractivity contribution in [1.29, 1.82) is 0 Å². The Labute approximate surface area is 123 Å². The van der Waals surface area contributed by atoms with Crippen LogP contribution in [0.5, 0.6) is 0 Å². The van der Waals surface area contributed by atoms with Crippen molar-refractivity contribution in [3.05, 3.63) is 53.6 Å². The third-order valence-electron chi connectivity index (χ3n) is 3.07. The Morgan fingerprint density at radius 2 is 1.71 bits per heavy atom. The molecule has 0 radical (unpaired) electrons. The van der Waals surface area contributed by atoms with Crippen LogP contribution in [-0.4, -0.2) is 20.6 Å². The number of nitrogens with one attached hydrogen (secondary N) is 1. The van der Waals surface area contributed by atoms with E-state index >= 15 is 0 Å². The molecule has 5 nitrogen and oxygen atoms in total. The van der Waals surface area contributed by atoms with E-state index in [1.54, 1.807) is 18.2 Å². The van der Waals surface area contributed by atoms with Crippen LogP contribution in [0.4, 0.5) is 11.4 Å². The maximum atomic E-state index is 12.1. The number of amides is 1. The fourth-order valence-corrected chi connectivity index (χ4v) is 2.44. The van der Waals surface area contributed by atoms with Gasteiger partial charge in [0.1, 0.15) is 0 Å². The van der Waals surface area contributed by atoms with E-state index in [1.165, 1.54) is 24.3 Å². The molecule has 3 N–H and O–H groups in total. The van der Waals surface area contributed by atoms with E-state index in [0.717, 1.165) is 11.8 Å². The number of anilines is 2. The molecule has 0 aliphatic rings. The third kappa shape index (κ3) is 3.61. The molecule has 2 rings (SSSR count). The molecule has 21 heavy (non-hydrogen) atoms. The van der Waals surface area contributed by atoms with Gasteiger partial charge in [0.25, 0.3) is 5.91 Å². The maximum Gasteiger partial charge on any atom is 0.255 e. The molecule has 0 spiro atoms. The molecule has 0 unspecified atom stereocenters. The van der Waals surface area contributed by atoms with Gasteiger partial charge in [-0.25, -0.2) is 8.42 Å². The van der Waals surface area contributed by atoms with Gasteiger partial charge in [-0.3, -0.25) is 4.79 Å². The number of carbonyl (C=O) groups excluding carboxylic acids is 1. The van der Waals surface area contributed by atoms with Gasteiger partial charge in [0.05, 0.1) is 4.90 Å². The lowest BCUT2D eigenvalue weighted by Gasteiger charge is -2.08. The second-order valence-electron chi connectivity index (χ2n) is 4.82. The topological polar surface area (TPSA) is 89.3 Å². The molecule has 0 fully saturated rings. The van der Waals surface area contributed by atoms with Crippen LogP contribution in [-0.2, 0) is 9.84 Å². The van der Waals surface area contributed by atoms with Crippen molar-refractivity contribution in [3.8, 4) is 0 Å². The number of aryl methyl sites for hydroxylation is 1. The fraction of sp³-hybridized carbons (Fsp3) is 0.133. The molecule has 1 amide bonds. The molecule has 0 saturated heterocycles. The molecule has 0 aliphatic carbocycles. The van der Waals surface area contributed by atoms with Crippen LogP contribution in [0, 0.1) is 6.92 Å². The highest BCUT2D eigenvalue weighted by Crippen LogP contribution is 2.18. The minimum Gasteiger partial charge on any atom is -0.399 e. The van der Waals surface area contributed by atoms with Crippen LogP contribution in [0.25, 0.3) is 0 Å². The maximum absolute atomic E-state index is 12.1. The Hall–Kier alpha value is -2.34. The lowest BCUT2D eigenvalue weighted by Crippen LogP contribution is -2.12. The van der Waals surface area contributed by atoms with Gasteiger partial charge in [-0.15, -0.1) is 0 Å². The average Bonchev–Trinajstić information content (AvgIpc) is 2.42. The molecule has 0 heterocycles. The second kappa shape index (κ2) is 5.57. The minimum absolute atomic E-state index is 0.183. The molecule has 6 heteroatoms. The number of nitrogen functional groups attached to an aromatic ring is 1. The number of nitrogens with two attached hydrogens (primary N) is 1. The second-order valence-corrected chi connectivity index (χ2v) is 6.84. The zero-order valence-electron chi connectivity index (χ0n) is 11.8. The Kier molecular flexibility index (Phi) is 3.99. The molecule has 110 valence electrons. The summed E-state index contributed by atoms with van der Waals surface area (Å²) >= 11 is 0. The van der Waals surface area contributed by atoms with Crippen molar-refractivity contribution < 1.29 is 13.2 Å². The van der Waals surface area contributed by atoms with Gasteiger partial charge in [0.2, 0.25) is 0 Å². The van der Waals surface area contributed by atoms with E-state index in [1.807, 2.05) is 6.92 Å². The van der Waals surface area contributed by atoms with Crippen LogP contribution in [0.15, 0.2) is 47.4 Å². The first-order valence-corrected chi connectivity index (χ1v) is 8.14. The first-order chi connectivity index (χ1) is 9.77. The number of hydrogen-bond acceptors (Lipinski definition) is 4. The molecular weight excluding hydrogens is 288 g/mol. The predicted molar refractivity (Wildman–Crippen MR) is 83.1 cm³/mol. The van der Waals surface area contributed by atoms with E-state index in [-0.39, 0.29) is 10.8 Å². The summed E-state index contributed by atoms with van der Waals surface area (Å²) in [4.78, 5) is 12.3. The Morgan fingerprint density at radius 1 is 1.10 bits per heavy atom. The fourth-order valence-electron chi connectivity index (χ4n) is 1.81. The van der Waals surface area contributed by atoms with Crippen molar-refractivity contribution in [2.45, 2.75) is 11.8 Å². The SMILES string of the molecule is Cc1cc(NC(=O)c2ccc(S(C)(=O)=O)cc2)ccc1N. The third-order valence-corrected chi connectivity index (χ3v) is 4.20. The van der Waals surface area contributed by atoms with Crippen LogP contribution in [0.3, 0.4) is 0 Å². The van der Waals surface area contributed by atoms with Gasteiger partial charge in [-0.05, 0) is 55.0 Å². The highest BCUT2D eigenvalue weighted by Gasteiger charge is 2.10. The highest BCUT2D eigenvalue weighted by molar-refractivity contribution is 7.90. The summed E-state index contributed by atoms with van der Waals surface area (Å²) in [6.45, 7) is 1.85. The van der Waals surface area contributed by atoms with Crippen LogP contribution in [0.1, 0.15) is 15.9 Å². The standard InChI is InChI=1S/C15H16N2O3S/c1-10-9-12(5-8-14(10)16)17-15(18)11-3-6-13(7-4-11)21(2,19)20/h3-9H,16H2,1-2H3,(H,17,18). The van der Waals surface area contributed by atoms with Crippen molar-refractivity contribution >= 4 is 27.1 Å². The molecule has 0 bridgehead atoms. The van der Waals surface area contributed by atoms with Gasteiger partial charge in [0, 0.05) is 23.2 Å². The monoisotopic (exact) mass is 304 g/mol. The molecule has 0 atom stereocenters. The number of sulfone groups is 1. The van der Waals surface area contributed by atoms with E-state index in [0.29, 0.717) is 16.9 Å². The smallest absolute Gasteiger partial charge is 0.255 e. The Morgan fingerprint density at radius 3 is 2.24 bits per heavy atom. The zero-order chi connectivity index (χ0) is 15.6. The molecule has 2 aromatic carbocycles. The molecule has 0 aromatic heterocycles. The molecule has 0 saturated carbocycles. The van der Waals surface area contributed by atoms with Gasteiger partial charge in [-0.2, -0.15) is 0 Å². The average molecular weight is 304 g/mol. The van der Waals surface area contributed by atoms with Crippen LogP contribution < -0.4 is 11.1 Å². The van der Waals surface area contributed by atoms with Crippen molar-refractivity contribution in [3.63, 3.8) is 0 Å². The molecule has 2 aromatic rings. The highest BCUT2D eigenvalue weighted by atomic mass is 32.2.